The van der Waals surface area contributed by atoms with Gasteiger partial charge in [0.15, 0.2) is 0 Å². The summed E-state index contributed by atoms with van der Waals surface area (Å²) in [7, 11) is 1.56. The number of nitrogens with one attached hydrogen (secondary N) is 1. The maximum atomic E-state index is 12.3. The number of benzene rings is 1. The zero-order valence-electron chi connectivity index (χ0n) is 13.7. The van der Waals surface area contributed by atoms with E-state index in [9.17, 15) is 9.59 Å². The number of anilines is 1. The lowest BCUT2D eigenvalue weighted by molar-refractivity contribution is -0.143. The van der Waals surface area contributed by atoms with E-state index in [-0.39, 0.29) is 0 Å². The first-order valence-corrected chi connectivity index (χ1v) is 7.86. The minimum atomic E-state index is -0.597. The van der Waals surface area contributed by atoms with Crippen LogP contribution in [0.5, 0.6) is 5.75 Å². The molecule has 122 valence electrons. The summed E-state index contributed by atoms with van der Waals surface area (Å²) in [6, 6.07) is 6.97. The number of unbranched alkanes of at least 4 members (excludes halogenated alkanes) is 2. The second-order valence-electron chi connectivity index (χ2n) is 5.19. The molecule has 22 heavy (non-hydrogen) atoms. The van der Waals surface area contributed by atoms with Crippen molar-refractivity contribution in [3.8, 4) is 5.75 Å². The van der Waals surface area contributed by atoms with E-state index in [1.807, 2.05) is 0 Å². The highest BCUT2D eigenvalue weighted by Crippen LogP contribution is 2.16. The fraction of sp³-hybridized carbons (Fsp3) is 0.529. The van der Waals surface area contributed by atoms with Gasteiger partial charge in [-0.05, 0) is 25.0 Å². The topological polar surface area (TPSA) is 58.6 Å². The van der Waals surface area contributed by atoms with Crippen molar-refractivity contribution in [2.45, 2.75) is 39.5 Å². The number of hydrogen-bond acceptors (Lipinski definition) is 3. The van der Waals surface area contributed by atoms with Gasteiger partial charge in [0.2, 0.25) is 0 Å². The predicted octanol–water partition coefficient (Wildman–Crippen LogP) is 3.06. The maximum Gasteiger partial charge on any atom is 0.313 e. The Kier molecular flexibility index (Phi) is 8.04. The third-order valence-electron chi connectivity index (χ3n) is 3.37. The summed E-state index contributed by atoms with van der Waals surface area (Å²) in [5.74, 6) is -0.427. The number of carbonyl (C=O) groups excluding carboxylic acids is 2. The molecule has 1 N–H and O–H groups in total. The zero-order valence-corrected chi connectivity index (χ0v) is 13.7. The van der Waals surface area contributed by atoms with Crippen molar-refractivity contribution in [3.63, 3.8) is 0 Å². The molecular formula is C17H26N2O3. The molecule has 0 atom stereocenters. The van der Waals surface area contributed by atoms with Crippen LogP contribution in [-0.4, -0.2) is 36.9 Å². The molecule has 2 amide bonds. The Morgan fingerprint density at radius 3 is 2.32 bits per heavy atom. The third kappa shape index (κ3) is 5.76. The molecule has 0 fully saturated rings. The molecule has 0 aliphatic rings. The molecule has 0 radical (unpaired) electrons. The number of hydrogen-bond donors (Lipinski definition) is 1. The average Bonchev–Trinajstić information content (AvgIpc) is 2.54. The molecule has 0 aromatic heterocycles. The molecule has 0 unspecified atom stereocenters. The number of methoxy groups -OCH3 is 1. The molecule has 5 heteroatoms. The minimum Gasteiger partial charge on any atom is -0.497 e. The Morgan fingerprint density at radius 1 is 1.14 bits per heavy atom. The van der Waals surface area contributed by atoms with E-state index in [2.05, 4.69) is 19.2 Å². The van der Waals surface area contributed by atoms with E-state index >= 15 is 0 Å². The highest BCUT2D eigenvalue weighted by atomic mass is 16.5. The van der Waals surface area contributed by atoms with Gasteiger partial charge >= 0.3 is 11.8 Å². The lowest BCUT2D eigenvalue weighted by Gasteiger charge is -2.21. The van der Waals surface area contributed by atoms with Gasteiger partial charge in [-0.2, -0.15) is 0 Å². The Labute approximate surface area is 132 Å². The first kappa shape index (κ1) is 18.0. The van der Waals surface area contributed by atoms with Crippen molar-refractivity contribution >= 4 is 17.5 Å². The van der Waals surface area contributed by atoms with Gasteiger partial charge in [0.05, 0.1) is 7.11 Å². The van der Waals surface area contributed by atoms with E-state index in [1.165, 1.54) is 0 Å². The molecule has 0 bridgehead atoms. The smallest absolute Gasteiger partial charge is 0.313 e. The Morgan fingerprint density at radius 2 is 1.77 bits per heavy atom. The Hall–Kier alpha value is -2.04. The van der Waals surface area contributed by atoms with Crippen molar-refractivity contribution in [1.29, 1.82) is 0 Å². The van der Waals surface area contributed by atoms with Gasteiger partial charge in [-0.15, -0.1) is 0 Å². The fourth-order valence-electron chi connectivity index (χ4n) is 2.04. The molecule has 1 aromatic carbocycles. The average molecular weight is 306 g/mol. The van der Waals surface area contributed by atoms with Crippen LogP contribution in [0.4, 0.5) is 5.69 Å². The van der Waals surface area contributed by atoms with Crippen molar-refractivity contribution in [3.05, 3.63) is 24.3 Å². The molecule has 5 nitrogen and oxygen atoms in total. The van der Waals surface area contributed by atoms with Gasteiger partial charge in [0.1, 0.15) is 5.75 Å². The van der Waals surface area contributed by atoms with Gasteiger partial charge in [-0.1, -0.05) is 32.8 Å². The summed E-state index contributed by atoms with van der Waals surface area (Å²) in [6.45, 7) is 5.39. The summed E-state index contributed by atoms with van der Waals surface area (Å²) < 4.78 is 5.10. The van der Waals surface area contributed by atoms with Gasteiger partial charge in [0, 0.05) is 24.8 Å². The maximum absolute atomic E-state index is 12.3. The van der Waals surface area contributed by atoms with Gasteiger partial charge in [-0.25, -0.2) is 0 Å². The van der Waals surface area contributed by atoms with Gasteiger partial charge < -0.3 is 15.0 Å². The van der Waals surface area contributed by atoms with Crippen molar-refractivity contribution in [1.82, 2.24) is 4.90 Å². The number of ether oxygens (including phenoxy) is 1. The van der Waals surface area contributed by atoms with Crippen LogP contribution in [0.1, 0.15) is 39.5 Å². The SMILES string of the molecule is CCCCN(CCCC)C(=O)C(=O)Nc1cccc(OC)c1. The summed E-state index contributed by atoms with van der Waals surface area (Å²) in [4.78, 5) is 26.1. The largest absolute Gasteiger partial charge is 0.497 e. The molecule has 0 heterocycles. The third-order valence-corrected chi connectivity index (χ3v) is 3.37. The quantitative estimate of drug-likeness (QED) is 0.751. The van der Waals surface area contributed by atoms with Gasteiger partial charge in [0.25, 0.3) is 0 Å². The monoisotopic (exact) mass is 306 g/mol. The fourth-order valence-corrected chi connectivity index (χ4v) is 2.04. The molecule has 0 saturated carbocycles. The molecule has 1 aromatic rings. The van der Waals surface area contributed by atoms with Crippen molar-refractivity contribution < 1.29 is 14.3 Å². The first-order valence-electron chi connectivity index (χ1n) is 7.86. The number of nitrogens with zero attached hydrogens (tertiary/aromatic N) is 1. The lowest BCUT2D eigenvalue weighted by atomic mass is 10.2. The van der Waals surface area contributed by atoms with E-state index < -0.39 is 11.8 Å². The molecule has 0 aliphatic heterocycles. The summed E-state index contributed by atoms with van der Waals surface area (Å²) in [6.07, 6.45) is 3.80. The number of carbonyl (C=O) groups is 2. The van der Waals surface area contributed by atoms with Crippen molar-refractivity contribution in [2.75, 3.05) is 25.5 Å². The highest BCUT2D eigenvalue weighted by Gasteiger charge is 2.21. The molecule has 1 rings (SSSR count). The predicted molar refractivity (Wildman–Crippen MR) is 88.0 cm³/mol. The molecule has 0 aliphatic carbocycles. The minimum absolute atomic E-state index is 0.468. The highest BCUT2D eigenvalue weighted by molar-refractivity contribution is 6.39. The van der Waals surface area contributed by atoms with E-state index in [0.717, 1.165) is 25.7 Å². The summed E-state index contributed by atoms with van der Waals surface area (Å²) in [5.41, 5.74) is 0.559. The molecular weight excluding hydrogens is 280 g/mol. The van der Waals surface area contributed by atoms with Crippen LogP contribution >= 0.6 is 0 Å². The number of rotatable bonds is 8. The number of amides is 2. The van der Waals surface area contributed by atoms with Gasteiger partial charge in [-0.3, -0.25) is 9.59 Å². The van der Waals surface area contributed by atoms with Crippen LogP contribution in [0.3, 0.4) is 0 Å². The second-order valence-corrected chi connectivity index (χ2v) is 5.19. The Balaban J connectivity index is 2.68. The van der Waals surface area contributed by atoms with Crippen LogP contribution in [-0.2, 0) is 9.59 Å². The molecule has 0 saturated heterocycles. The second kappa shape index (κ2) is 9.82. The van der Waals surface area contributed by atoms with Crippen molar-refractivity contribution in [2.24, 2.45) is 0 Å². The van der Waals surface area contributed by atoms with E-state index in [0.29, 0.717) is 24.5 Å². The standard InChI is InChI=1S/C17H26N2O3/c1-4-6-11-19(12-7-5-2)17(21)16(20)18-14-9-8-10-15(13-14)22-3/h8-10,13H,4-7,11-12H2,1-3H3,(H,18,20). The normalized spacial score (nSPS) is 10.1. The van der Waals surface area contributed by atoms with E-state index in [4.69, 9.17) is 4.74 Å². The van der Waals surface area contributed by atoms with Crippen LogP contribution in [0.2, 0.25) is 0 Å². The molecule has 0 spiro atoms. The van der Waals surface area contributed by atoms with Crippen LogP contribution in [0.15, 0.2) is 24.3 Å². The van der Waals surface area contributed by atoms with Crippen LogP contribution in [0, 0.1) is 0 Å². The summed E-state index contributed by atoms with van der Waals surface area (Å²) in [5, 5.41) is 2.64. The van der Waals surface area contributed by atoms with Crippen LogP contribution in [0.25, 0.3) is 0 Å². The lowest BCUT2D eigenvalue weighted by Crippen LogP contribution is -2.40. The van der Waals surface area contributed by atoms with Crippen LogP contribution < -0.4 is 10.1 Å². The summed E-state index contributed by atoms with van der Waals surface area (Å²) >= 11 is 0. The first-order chi connectivity index (χ1) is 10.6. The zero-order chi connectivity index (χ0) is 16.4. The van der Waals surface area contributed by atoms with E-state index in [1.54, 1.807) is 36.3 Å². The Bertz CT molecular complexity index is 481.